The van der Waals surface area contributed by atoms with Crippen LogP contribution in [0.2, 0.25) is 20.4 Å². The molecule has 0 atom stereocenters. The molecule has 0 N–H and O–H groups in total. The van der Waals surface area contributed by atoms with Gasteiger partial charge in [-0.15, -0.1) is 0 Å². The van der Waals surface area contributed by atoms with Gasteiger partial charge in [-0.05, 0) is 24.6 Å². The van der Waals surface area contributed by atoms with Crippen LogP contribution in [0.5, 0.6) is 0 Å². The van der Waals surface area contributed by atoms with Crippen LogP contribution in [-0.4, -0.2) is 26.6 Å². The molecule has 0 bridgehead atoms. The van der Waals surface area contributed by atoms with Gasteiger partial charge in [0.15, 0.2) is 10.3 Å². The highest BCUT2D eigenvalue weighted by atomic mass is 35.5. The summed E-state index contributed by atoms with van der Waals surface area (Å²) in [6.45, 7) is 2.24. The first-order valence-corrected chi connectivity index (χ1v) is 12.1. The molecule has 31 heavy (non-hydrogen) atoms. The second kappa shape index (κ2) is 10.4. The Morgan fingerprint density at radius 2 is 1.48 bits per heavy atom. The first-order valence-electron chi connectivity index (χ1n) is 9.14. The number of benzene rings is 2. The molecule has 1 aromatic heterocycles. The zero-order valence-electron chi connectivity index (χ0n) is 16.4. The molecule has 0 aliphatic heterocycles. The molecule has 0 saturated heterocycles. The Bertz CT molecular complexity index is 1130. The van der Waals surface area contributed by atoms with Crippen LogP contribution in [-0.2, 0) is 20.8 Å². The Balaban J connectivity index is 1.85. The Labute approximate surface area is 201 Å². The maximum Gasteiger partial charge on any atom is 0.297 e. The summed E-state index contributed by atoms with van der Waals surface area (Å²) >= 11 is 24.9. The number of hydrogen-bond donors (Lipinski definition) is 0. The fourth-order valence-corrected chi connectivity index (χ4v) is 4.71. The van der Waals surface area contributed by atoms with Gasteiger partial charge in [0.05, 0.1) is 17.2 Å². The SMILES string of the molecule is Cc1ccc(S(=O)(=O)OCCN(Cc2ccccc2)c2c(Cl)c(Cl)nc(Cl)c2Cl)cc1. The summed E-state index contributed by atoms with van der Waals surface area (Å²) < 4.78 is 30.3. The van der Waals surface area contributed by atoms with Crippen LogP contribution in [0.1, 0.15) is 11.1 Å². The van der Waals surface area contributed by atoms with E-state index < -0.39 is 10.1 Å². The van der Waals surface area contributed by atoms with Crippen molar-refractivity contribution in [1.82, 2.24) is 4.98 Å². The molecule has 0 saturated carbocycles. The standard InChI is InChI=1S/C21H18Cl4N2O3S/c1-14-7-9-16(10-8-14)31(28,29)30-12-11-27(13-15-5-3-2-4-6-15)19-17(22)20(24)26-21(25)18(19)23/h2-10H,11-13H2,1H3. The van der Waals surface area contributed by atoms with E-state index in [0.29, 0.717) is 12.2 Å². The van der Waals surface area contributed by atoms with E-state index in [0.717, 1.165) is 11.1 Å². The highest BCUT2D eigenvalue weighted by molar-refractivity contribution is 7.86. The van der Waals surface area contributed by atoms with Crippen molar-refractivity contribution in [3.8, 4) is 0 Å². The van der Waals surface area contributed by atoms with Gasteiger partial charge in [0.1, 0.15) is 10.0 Å². The van der Waals surface area contributed by atoms with Crippen LogP contribution in [0.25, 0.3) is 0 Å². The molecular formula is C21H18Cl4N2O3S. The molecular weight excluding hydrogens is 502 g/mol. The molecule has 0 spiro atoms. The molecule has 0 unspecified atom stereocenters. The van der Waals surface area contributed by atoms with E-state index in [9.17, 15) is 8.42 Å². The first kappa shape index (κ1) is 24.1. The Morgan fingerprint density at radius 3 is 2.06 bits per heavy atom. The Morgan fingerprint density at radius 1 is 0.903 bits per heavy atom. The number of hydrogen-bond acceptors (Lipinski definition) is 5. The monoisotopic (exact) mass is 518 g/mol. The van der Waals surface area contributed by atoms with E-state index in [1.807, 2.05) is 37.3 Å². The Kier molecular flexibility index (Phi) is 8.08. The second-order valence-corrected chi connectivity index (χ2v) is 9.75. The van der Waals surface area contributed by atoms with Crippen molar-refractivity contribution in [1.29, 1.82) is 0 Å². The van der Waals surface area contributed by atoms with E-state index in [1.165, 1.54) is 12.1 Å². The van der Waals surface area contributed by atoms with Crippen LogP contribution < -0.4 is 4.90 Å². The third kappa shape index (κ3) is 6.04. The maximum absolute atomic E-state index is 12.5. The lowest BCUT2D eigenvalue weighted by atomic mass is 10.2. The molecule has 0 aliphatic rings. The van der Waals surface area contributed by atoms with Crippen LogP contribution in [0.15, 0.2) is 59.5 Å². The van der Waals surface area contributed by atoms with E-state index in [1.54, 1.807) is 17.0 Å². The molecule has 0 amide bonds. The largest absolute Gasteiger partial charge is 0.362 e. The van der Waals surface area contributed by atoms with Crippen molar-refractivity contribution in [2.24, 2.45) is 0 Å². The summed E-state index contributed by atoms with van der Waals surface area (Å²) in [5.74, 6) is 0. The first-order chi connectivity index (χ1) is 14.7. The van der Waals surface area contributed by atoms with Gasteiger partial charge in [0.2, 0.25) is 0 Å². The lowest BCUT2D eigenvalue weighted by Crippen LogP contribution is -2.28. The number of anilines is 1. The highest BCUT2D eigenvalue weighted by Crippen LogP contribution is 2.41. The molecule has 0 radical (unpaired) electrons. The quantitative estimate of drug-likeness (QED) is 0.254. The molecule has 2 aromatic carbocycles. The van der Waals surface area contributed by atoms with Crippen molar-refractivity contribution in [2.45, 2.75) is 18.4 Å². The van der Waals surface area contributed by atoms with E-state index in [2.05, 4.69) is 4.98 Å². The van der Waals surface area contributed by atoms with Gasteiger partial charge >= 0.3 is 0 Å². The van der Waals surface area contributed by atoms with Crippen molar-refractivity contribution in [3.63, 3.8) is 0 Å². The van der Waals surface area contributed by atoms with Crippen LogP contribution in [0.4, 0.5) is 5.69 Å². The smallest absolute Gasteiger partial charge is 0.297 e. The van der Waals surface area contributed by atoms with E-state index in [-0.39, 0.29) is 38.4 Å². The van der Waals surface area contributed by atoms with Crippen LogP contribution in [0, 0.1) is 6.92 Å². The zero-order chi connectivity index (χ0) is 22.6. The van der Waals surface area contributed by atoms with Crippen LogP contribution >= 0.6 is 46.4 Å². The predicted molar refractivity (Wildman–Crippen MR) is 126 cm³/mol. The fourth-order valence-electron chi connectivity index (χ4n) is 2.86. The normalized spacial score (nSPS) is 11.5. The maximum atomic E-state index is 12.5. The number of aryl methyl sites for hydroxylation is 1. The second-order valence-electron chi connectivity index (χ2n) is 6.67. The van der Waals surface area contributed by atoms with E-state index >= 15 is 0 Å². The van der Waals surface area contributed by atoms with Gasteiger partial charge in [-0.25, -0.2) is 4.98 Å². The molecule has 1 heterocycles. The molecule has 164 valence electrons. The highest BCUT2D eigenvalue weighted by Gasteiger charge is 2.23. The van der Waals surface area contributed by atoms with Crippen molar-refractivity contribution >= 4 is 62.2 Å². The van der Waals surface area contributed by atoms with Crippen LogP contribution in [0.3, 0.4) is 0 Å². The zero-order valence-corrected chi connectivity index (χ0v) is 20.2. The summed E-state index contributed by atoms with van der Waals surface area (Å²) in [7, 11) is -3.92. The number of pyridine rings is 1. The molecule has 0 fully saturated rings. The van der Waals surface area contributed by atoms with Gasteiger partial charge in [0, 0.05) is 13.1 Å². The average molecular weight is 520 g/mol. The molecule has 10 heteroatoms. The minimum atomic E-state index is -3.92. The van der Waals surface area contributed by atoms with Gasteiger partial charge < -0.3 is 4.90 Å². The molecule has 3 aromatic rings. The average Bonchev–Trinajstić information content (AvgIpc) is 2.73. The lowest BCUT2D eigenvalue weighted by Gasteiger charge is -2.27. The van der Waals surface area contributed by atoms with Gasteiger partial charge in [-0.3, -0.25) is 4.18 Å². The number of nitrogens with zero attached hydrogens (tertiary/aromatic N) is 2. The van der Waals surface area contributed by atoms with E-state index in [4.69, 9.17) is 50.6 Å². The minimum Gasteiger partial charge on any atom is -0.362 e. The van der Waals surface area contributed by atoms with Crippen molar-refractivity contribution in [3.05, 3.63) is 86.1 Å². The summed E-state index contributed by atoms with van der Waals surface area (Å²) in [6.07, 6.45) is 0. The number of halogens is 4. The number of aromatic nitrogens is 1. The Hall–Kier alpha value is -1.54. The summed E-state index contributed by atoms with van der Waals surface area (Å²) in [5, 5.41) is 0.233. The molecule has 0 aliphatic carbocycles. The number of rotatable bonds is 8. The molecule has 3 rings (SSSR count). The summed E-state index contributed by atoms with van der Waals surface area (Å²) in [4.78, 5) is 5.74. The summed E-state index contributed by atoms with van der Waals surface area (Å²) in [5.41, 5.74) is 2.25. The van der Waals surface area contributed by atoms with Crippen molar-refractivity contribution in [2.75, 3.05) is 18.1 Å². The molecule has 5 nitrogen and oxygen atoms in total. The topological polar surface area (TPSA) is 59.5 Å². The predicted octanol–water partition coefficient (Wildman–Crippen LogP) is 6.42. The van der Waals surface area contributed by atoms with Gasteiger partial charge in [-0.1, -0.05) is 94.4 Å². The third-order valence-electron chi connectivity index (χ3n) is 4.42. The van der Waals surface area contributed by atoms with Gasteiger partial charge in [0.25, 0.3) is 10.1 Å². The fraction of sp³-hybridized carbons (Fsp3) is 0.190. The van der Waals surface area contributed by atoms with Gasteiger partial charge in [-0.2, -0.15) is 8.42 Å². The third-order valence-corrected chi connectivity index (χ3v) is 7.20. The lowest BCUT2D eigenvalue weighted by molar-refractivity contribution is 0.323. The summed E-state index contributed by atoms with van der Waals surface area (Å²) in [6, 6.07) is 15.9. The minimum absolute atomic E-state index is 0.00248. The van der Waals surface area contributed by atoms with Crippen molar-refractivity contribution < 1.29 is 12.6 Å².